The number of hydrogen-bond donors (Lipinski definition) is 0. The third kappa shape index (κ3) is 2.37. The quantitative estimate of drug-likeness (QED) is 0.786. The van der Waals surface area contributed by atoms with Crippen molar-refractivity contribution < 1.29 is 18.4 Å². The van der Waals surface area contributed by atoms with Crippen LogP contribution >= 0.6 is 0 Å². The van der Waals surface area contributed by atoms with Crippen LogP contribution in [0.1, 0.15) is 37.0 Å². The highest BCUT2D eigenvalue weighted by atomic mass is 19.1. The molecule has 0 N–H and O–H groups in total. The van der Waals surface area contributed by atoms with Crippen LogP contribution in [0.5, 0.6) is 0 Å². The molecule has 1 amide bonds. The van der Waals surface area contributed by atoms with Gasteiger partial charge in [-0.05, 0) is 18.4 Å². The molecule has 1 heterocycles. The summed E-state index contributed by atoms with van der Waals surface area (Å²) in [4.78, 5) is 24.8. The Balaban J connectivity index is 2.38. The van der Waals surface area contributed by atoms with Crippen molar-refractivity contribution in [3.63, 3.8) is 0 Å². The molecule has 1 aromatic rings. The maximum absolute atomic E-state index is 13.6. The number of anilines is 1. The smallest absolute Gasteiger partial charge is 0.299 e. The Bertz CT molecular complexity index is 542. The predicted molar refractivity (Wildman–Crippen MR) is 67.1 cm³/mol. The summed E-state index contributed by atoms with van der Waals surface area (Å²) in [6.07, 6.45) is 1.83. The van der Waals surface area contributed by atoms with E-state index in [1.54, 1.807) is 0 Å². The fraction of sp³-hybridized carbons (Fsp3) is 0.429. The lowest BCUT2D eigenvalue weighted by Crippen LogP contribution is -2.33. The normalized spacial score (nSPS) is 15.9. The zero-order valence-corrected chi connectivity index (χ0v) is 10.9. The van der Waals surface area contributed by atoms with Gasteiger partial charge in [0.15, 0.2) is 0 Å². The molecule has 1 aliphatic rings. The zero-order chi connectivity index (χ0) is 14.2. The number of hydrogen-bond acceptors (Lipinski definition) is 2. The van der Waals surface area contributed by atoms with Crippen molar-refractivity contribution in [2.75, 3.05) is 11.4 Å². The molecule has 1 aliphatic heterocycles. The minimum Gasteiger partial charge on any atom is -0.304 e. The first-order valence-electron chi connectivity index (χ1n) is 6.31. The Hall–Kier alpha value is -1.78. The van der Waals surface area contributed by atoms with Crippen molar-refractivity contribution in [2.24, 2.45) is 5.92 Å². The second-order valence-corrected chi connectivity index (χ2v) is 4.92. The van der Waals surface area contributed by atoms with E-state index in [0.29, 0.717) is 12.6 Å². The highest BCUT2D eigenvalue weighted by Gasteiger charge is 2.39. The summed E-state index contributed by atoms with van der Waals surface area (Å²) in [6, 6.07) is 1.67. The number of fused-ring (bicyclic) bond motifs is 1. The van der Waals surface area contributed by atoms with Gasteiger partial charge in [0.25, 0.3) is 11.7 Å². The van der Waals surface area contributed by atoms with Crippen molar-refractivity contribution in [1.29, 1.82) is 0 Å². The van der Waals surface area contributed by atoms with E-state index < -0.39 is 23.3 Å². The monoisotopic (exact) mass is 267 g/mol. The predicted octanol–water partition coefficient (Wildman–Crippen LogP) is 2.93. The van der Waals surface area contributed by atoms with E-state index in [1.807, 2.05) is 13.8 Å². The highest BCUT2D eigenvalue weighted by molar-refractivity contribution is 6.52. The van der Waals surface area contributed by atoms with E-state index in [-0.39, 0.29) is 17.2 Å². The van der Waals surface area contributed by atoms with Crippen molar-refractivity contribution in [2.45, 2.75) is 26.7 Å². The number of carbonyl (C=O) groups is 2. The SMILES string of the molecule is CCCC(C)CN1C(=O)C(=O)c2c(F)cc(F)cc21. The molecule has 0 spiro atoms. The molecule has 0 saturated carbocycles. The number of carbonyl (C=O) groups excluding carboxylic acids is 2. The number of Topliss-reactive ketones (excluding diaryl/α,β-unsaturated/α-hetero) is 1. The number of amides is 1. The summed E-state index contributed by atoms with van der Waals surface area (Å²) in [5, 5.41) is 0. The molecule has 0 aliphatic carbocycles. The van der Waals surface area contributed by atoms with Crippen LogP contribution in [0.3, 0.4) is 0 Å². The van der Waals surface area contributed by atoms with Gasteiger partial charge in [0.2, 0.25) is 0 Å². The number of rotatable bonds is 4. The van der Waals surface area contributed by atoms with Gasteiger partial charge in [0.1, 0.15) is 11.6 Å². The highest BCUT2D eigenvalue weighted by Crippen LogP contribution is 2.32. The molecule has 102 valence electrons. The maximum Gasteiger partial charge on any atom is 0.299 e. The number of halogens is 2. The first-order valence-corrected chi connectivity index (χ1v) is 6.31. The Labute approximate surface area is 110 Å². The molecule has 0 aromatic heterocycles. The molecule has 0 saturated heterocycles. The van der Waals surface area contributed by atoms with Gasteiger partial charge in [-0.25, -0.2) is 8.78 Å². The van der Waals surface area contributed by atoms with E-state index in [2.05, 4.69) is 0 Å². The van der Waals surface area contributed by atoms with Gasteiger partial charge in [0.05, 0.1) is 11.3 Å². The molecule has 3 nitrogen and oxygen atoms in total. The molecule has 0 bridgehead atoms. The van der Waals surface area contributed by atoms with E-state index in [4.69, 9.17) is 0 Å². The van der Waals surface area contributed by atoms with Crippen molar-refractivity contribution >= 4 is 17.4 Å². The van der Waals surface area contributed by atoms with Gasteiger partial charge in [0, 0.05) is 12.6 Å². The number of ketones is 1. The minimum absolute atomic E-state index is 0.0513. The van der Waals surface area contributed by atoms with Crippen LogP contribution in [0.25, 0.3) is 0 Å². The largest absolute Gasteiger partial charge is 0.304 e. The standard InChI is InChI=1S/C14H15F2NO2/c1-3-4-8(2)7-17-11-6-9(15)5-10(16)12(11)13(18)14(17)19/h5-6,8H,3-4,7H2,1-2H3. The third-order valence-corrected chi connectivity index (χ3v) is 3.27. The lowest BCUT2D eigenvalue weighted by atomic mass is 10.1. The second kappa shape index (κ2) is 5.07. The Morgan fingerprint density at radius 1 is 1.26 bits per heavy atom. The fourth-order valence-corrected chi connectivity index (χ4v) is 2.41. The second-order valence-electron chi connectivity index (χ2n) is 4.92. The summed E-state index contributed by atoms with van der Waals surface area (Å²) in [5.41, 5.74) is -0.259. The van der Waals surface area contributed by atoms with E-state index in [0.717, 1.165) is 18.9 Å². The van der Waals surface area contributed by atoms with Gasteiger partial charge in [-0.1, -0.05) is 20.3 Å². The summed E-state index contributed by atoms with van der Waals surface area (Å²) in [7, 11) is 0. The summed E-state index contributed by atoms with van der Waals surface area (Å²) in [6.45, 7) is 4.25. The van der Waals surface area contributed by atoms with E-state index in [1.165, 1.54) is 4.90 Å². The maximum atomic E-state index is 13.6. The summed E-state index contributed by atoms with van der Waals surface area (Å²) < 4.78 is 26.8. The molecule has 5 heteroatoms. The van der Waals surface area contributed by atoms with Gasteiger partial charge < -0.3 is 4.90 Å². The first kappa shape index (κ1) is 13.6. The third-order valence-electron chi connectivity index (χ3n) is 3.27. The topological polar surface area (TPSA) is 37.4 Å². The van der Waals surface area contributed by atoms with Crippen LogP contribution in [-0.2, 0) is 4.79 Å². The molecule has 0 fully saturated rings. The fourth-order valence-electron chi connectivity index (χ4n) is 2.41. The van der Waals surface area contributed by atoms with E-state index >= 15 is 0 Å². The molecule has 1 unspecified atom stereocenters. The Morgan fingerprint density at radius 2 is 1.95 bits per heavy atom. The van der Waals surface area contributed by atoms with Crippen LogP contribution < -0.4 is 4.90 Å². The van der Waals surface area contributed by atoms with Gasteiger partial charge >= 0.3 is 0 Å². The molecule has 0 radical (unpaired) electrons. The zero-order valence-electron chi connectivity index (χ0n) is 10.9. The summed E-state index contributed by atoms with van der Waals surface area (Å²) >= 11 is 0. The van der Waals surface area contributed by atoms with Crippen LogP contribution in [0.15, 0.2) is 12.1 Å². The molecule has 1 aromatic carbocycles. The van der Waals surface area contributed by atoms with Gasteiger partial charge in [-0.15, -0.1) is 0 Å². The van der Waals surface area contributed by atoms with Crippen molar-refractivity contribution in [1.82, 2.24) is 0 Å². The lowest BCUT2D eigenvalue weighted by molar-refractivity contribution is -0.114. The molecule has 19 heavy (non-hydrogen) atoms. The van der Waals surface area contributed by atoms with Crippen LogP contribution in [0, 0.1) is 17.6 Å². The average Bonchev–Trinajstić information content (AvgIpc) is 2.54. The first-order chi connectivity index (χ1) is 8.95. The minimum atomic E-state index is -0.973. The van der Waals surface area contributed by atoms with Crippen LogP contribution in [-0.4, -0.2) is 18.2 Å². The Kier molecular flexibility index (Phi) is 3.64. The lowest BCUT2D eigenvalue weighted by Gasteiger charge is -2.20. The average molecular weight is 267 g/mol. The molecule has 2 rings (SSSR count). The number of benzene rings is 1. The molecule has 1 atom stereocenters. The van der Waals surface area contributed by atoms with Crippen molar-refractivity contribution in [3.8, 4) is 0 Å². The van der Waals surface area contributed by atoms with Gasteiger partial charge in [-0.2, -0.15) is 0 Å². The van der Waals surface area contributed by atoms with E-state index in [9.17, 15) is 18.4 Å². The Morgan fingerprint density at radius 3 is 2.58 bits per heavy atom. The van der Waals surface area contributed by atoms with Crippen LogP contribution in [0.2, 0.25) is 0 Å². The summed E-state index contributed by atoms with van der Waals surface area (Å²) in [5.74, 6) is -3.26. The number of nitrogens with zero attached hydrogens (tertiary/aromatic N) is 1. The molecular formula is C14H15F2NO2. The van der Waals surface area contributed by atoms with Crippen molar-refractivity contribution in [3.05, 3.63) is 29.3 Å². The van der Waals surface area contributed by atoms with Gasteiger partial charge in [-0.3, -0.25) is 9.59 Å². The van der Waals surface area contributed by atoms with Crippen LogP contribution in [0.4, 0.5) is 14.5 Å². The molecular weight excluding hydrogens is 252 g/mol.